The molecule has 0 aliphatic rings. The molecule has 1 N–H and O–H groups in total. The predicted octanol–water partition coefficient (Wildman–Crippen LogP) is 3.15. The normalized spacial score (nSPS) is 12.2. The van der Waals surface area contributed by atoms with Crippen molar-refractivity contribution in [3.63, 3.8) is 0 Å². The zero-order chi connectivity index (χ0) is 23.3. The number of carbonyl (C=O) groups excluding carboxylic acids is 2. The van der Waals surface area contributed by atoms with E-state index in [-0.39, 0.29) is 29.2 Å². The van der Waals surface area contributed by atoms with Crippen molar-refractivity contribution in [2.24, 2.45) is 0 Å². The van der Waals surface area contributed by atoms with Crippen LogP contribution in [0.2, 0.25) is 0 Å². The Kier molecular flexibility index (Phi) is 7.09. The molecule has 1 unspecified atom stereocenters. The topological polar surface area (TPSA) is 101 Å². The molecule has 3 rings (SSSR count). The highest BCUT2D eigenvalue weighted by atomic mass is 32.2. The van der Waals surface area contributed by atoms with E-state index in [1.54, 1.807) is 79.2 Å². The first-order chi connectivity index (χ1) is 15.1. The molecule has 2 aromatic carbocycles. The van der Waals surface area contributed by atoms with Crippen molar-refractivity contribution in [3.8, 4) is 0 Å². The number of aromatic nitrogens is 2. The molecule has 0 aliphatic heterocycles. The van der Waals surface area contributed by atoms with Crippen LogP contribution in [-0.2, 0) is 21.2 Å². The summed E-state index contributed by atoms with van der Waals surface area (Å²) in [5.74, 6) is -0.366. The van der Waals surface area contributed by atoms with E-state index >= 15 is 0 Å². The summed E-state index contributed by atoms with van der Waals surface area (Å²) in [5.41, 5.74) is 1.81. The van der Waals surface area contributed by atoms with Crippen LogP contribution in [0.25, 0.3) is 0 Å². The van der Waals surface area contributed by atoms with Crippen LogP contribution in [0.1, 0.15) is 35.3 Å². The summed E-state index contributed by atoms with van der Waals surface area (Å²) in [6, 6.07) is 13.0. The van der Waals surface area contributed by atoms with Crippen molar-refractivity contribution in [1.82, 2.24) is 14.5 Å². The van der Waals surface area contributed by atoms with Crippen molar-refractivity contribution in [2.45, 2.75) is 30.8 Å². The minimum absolute atomic E-state index is 0.156. The minimum Gasteiger partial charge on any atom is -0.337 e. The molecule has 1 atom stereocenters. The fraction of sp³-hybridized carbons (Fsp3) is 0.261. The molecular formula is C23H26N4O4S. The second-order valence-corrected chi connectivity index (χ2v) is 9.63. The van der Waals surface area contributed by atoms with Crippen LogP contribution in [0.4, 0.5) is 5.69 Å². The van der Waals surface area contributed by atoms with Crippen LogP contribution in [0, 0.1) is 0 Å². The Labute approximate surface area is 187 Å². The van der Waals surface area contributed by atoms with E-state index in [0.717, 1.165) is 11.8 Å². The highest BCUT2D eigenvalue weighted by Crippen LogP contribution is 2.23. The van der Waals surface area contributed by atoms with Gasteiger partial charge in [-0.3, -0.25) is 9.59 Å². The number of nitrogens with one attached hydrogen (secondary N) is 1. The number of anilines is 1. The van der Waals surface area contributed by atoms with Gasteiger partial charge in [-0.2, -0.15) is 0 Å². The van der Waals surface area contributed by atoms with E-state index in [4.69, 9.17) is 0 Å². The van der Waals surface area contributed by atoms with Gasteiger partial charge < -0.3 is 14.8 Å². The summed E-state index contributed by atoms with van der Waals surface area (Å²) in [5, 5.41) is 2.82. The molecule has 1 aromatic heterocycles. The second-order valence-electron chi connectivity index (χ2n) is 7.61. The molecule has 8 nitrogen and oxygen atoms in total. The zero-order valence-corrected chi connectivity index (χ0v) is 19.0. The molecule has 168 valence electrons. The van der Waals surface area contributed by atoms with Gasteiger partial charge in [-0.15, -0.1) is 0 Å². The van der Waals surface area contributed by atoms with Crippen LogP contribution in [0.5, 0.6) is 0 Å². The van der Waals surface area contributed by atoms with Crippen LogP contribution in [0.3, 0.4) is 0 Å². The third kappa shape index (κ3) is 5.82. The number of benzene rings is 2. The Morgan fingerprint density at radius 1 is 1.16 bits per heavy atom. The van der Waals surface area contributed by atoms with Crippen LogP contribution in [-0.4, -0.2) is 48.0 Å². The number of rotatable bonds is 8. The van der Waals surface area contributed by atoms with Crippen molar-refractivity contribution in [1.29, 1.82) is 0 Å². The summed E-state index contributed by atoms with van der Waals surface area (Å²) in [4.78, 5) is 31.0. The Bertz CT molecular complexity index is 1190. The van der Waals surface area contributed by atoms with Gasteiger partial charge in [0.15, 0.2) is 9.84 Å². The van der Waals surface area contributed by atoms with E-state index < -0.39 is 9.84 Å². The number of hydrogen-bond donors (Lipinski definition) is 1. The molecule has 1 heterocycles. The highest BCUT2D eigenvalue weighted by Gasteiger charge is 2.20. The molecule has 0 saturated carbocycles. The molecule has 0 aliphatic carbocycles. The number of carbonyl (C=O) groups is 2. The first kappa shape index (κ1) is 23.2. The molecule has 2 amide bonds. The van der Waals surface area contributed by atoms with E-state index in [2.05, 4.69) is 10.3 Å². The van der Waals surface area contributed by atoms with Crippen LogP contribution >= 0.6 is 0 Å². The van der Waals surface area contributed by atoms with Gasteiger partial charge in [-0.1, -0.05) is 18.2 Å². The summed E-state index contributed by atoms with van der Waals surface area (Å²) in [6.07, 6.45) is 6.54. The van der Waals surface area contributed by atoms with Gasteiger partial charge in [0.25, 0.3) is 5.91 Å². The maximum Gasteiger partial charge on any atom is 0.254 e. The first-order valence-corrected chi connectivity index (χ1v) is 12.0. The smallest absolute Gasteiger partial charge is 0.254 e. The maximum absolute atomic E-state index is 13.0. The second kappa shape index (κ2) is 9.78. The SMILES string of the molecule is CC(c1ccc(S(C)(=O)=O)cc1)N(C)C(=O)c1cccc(NC(=O)CCn2ccnc2)c1. The van der Waals surface area contributed by atoms with Crippen molar-refractivity contribution in [3.05, 3.63) is 78.4 Å². The van der Waals surface area contributed by atoms with Gasteiger partial charge in [0.05, 0.1) is 17.3 Å². The molecule has 3 aromatic rings. The number of aryl methyl sites for hydroxylation is 1. The third-order valence-corrected chi connectivity index (χ3v) is 6.37. The van der Waals surface area contributed by atoms with E-state index in [1.165, 1.54) is 0 Å². The average molecular weight is 455 g/mol. The maximum atomic E-state index is 13.0. The lowest BCUT2D eigenvalue weighted by atomic mass is 10.1. The molecule has 9 heteroatoms. The molecule has 0 bridgehead atoms. The molecular weight excluding hydrogens is 428 g/mol. The molecule has 0 fully saturated rings. The lowest BCUT2D eigenvalue weighted by Gasteiger charge is -2.26. The Balaban J connectivity index is 1.65. The minimum atomic E-state index is -3.28. The average Bonchev–Trinajstić information content (AvgIpc) is 3.29. The Morgan fingerprint density at radius 3 is 2.50 bits per heavy atom. The van der Waals surface area contributed by atoms with Gasteiger partial charge in [0.1, 0.15) is 0 Å². The summed E-state index contributed by atoms with van der Waals surface area (Å²) in [6.45, 7) is 2.39. The number of sulfone groups is 1. The number of nitrogens with zero attached hydrogens (tertiary/aromatic N) is 3. The molecule has 0 spiro atoms. The van der Waals surface area contributed by atoms with Crippen molar-refractivity contribution < 1.29 is 18.0 Å². The highest BCUT2D eigenvalue weighted by molar-refractivity contribution is 7.90. The van der Waals surface area contributed by atoms with Gasteiger partial charge in [0, 0.05) is 49.9 Å². The number of hydrogen-bond acceptors (Lipinski definition) is 5. The van der Waals surface area contributed by atoms with E-state index in [9.17, 15) is 18.0 Å². The quantitative estimate of drug-likeness (QED) is 0.563. The van der Waals surface area contributed by atoms with E-state index in [0.29, 0.717) is 17.8 Å². The van der Waals surface area contributed by atoms with Crippen LogP contribution in [0.15, 0.2) is 72.1 Å². The summed E-state index contributed by atoms with van der Waals surface area (Å²) < 4.78 is 25.1. The van der Waals surface area contributed by atoms with Crippen molar-refractivity contribution >= 4 is 27.3 Å². The molecule has 0 radical (unpaired) electrons. The monoisotopic (exact) mass is 454 g/mol. The van der Waals surface area contributed by atoms with Gasteiger partial charge >= 0.3 is 0 Å². The molecule has 0 saturated heterocycles. The van der Waals surface area contributed by atoms with Gasteiger partial charge in [-0.25, -0.2) is 13.4 Å². The number of amides is 2. The van der Waals surface area contributed by atoms with E-state index in [1.807, 2.05) is 11.5 Å². The van der Waals surface area contributed by atoms with Crippen LogP contribution < -0.4 is 5.32 Å². The fourth-order valence-corrected chi connectivity index (χ4v) is 3.83. The predicted molar refractivity (Wildman–Crippen MR) is 122 cm³/mol. The lowest BCUT2D eigenvalue weighted by Crippen LogP contribution is -2.29. The Hall–Kier alpha value is -3.46. The number of imidazole rings is 1. The zero-order valence-electron chi connectivity index (χ0n) is 18.2. The summed E-state index contributed by atoms with van der Waals surface area (Å²) in [7, 11) is -1.59. The largest absolute Gasteiger partial charge is 0.337 e. The standard InChI is InChI=1S/C23H26N4O4S/c1-17(18-7-9-21(10-8-18)32(3,30)31)26(2)23(29)19-5-4-6-20(15-19)25-22(28)11-13-27-14-12-24-16-27/h4-10,12,14-17H,11,13H2,1-3H3,(H,25,28). The van der Waals surface area contributed by atoms with Gasteiger partial charge in [0.2, 0.25) is 5.91 Å². The van der Waals surface area contributed by atoms with Crippen molar-refractivity contribution in [2.75, 3.05) is 18.6 Å². The summed E-state index contributed by atoms with van der Waals surface area (Å²) >= 11 is 0. The first-order valence-electron chi connectivity index (χ1n) is 10.1. The van der Waals surface area contributed by atoms with Gasteiger partial charge in [-0.05, 0) is 42.8 Å². The third-order valence-electron chi connectivity index (χ3n) is 5.24. The molecule has 32 heavy (non-hydrogen) atoms. The fourth-order valence-electron chi connectivity index (χ4n) is 3.20. The lowest BCUT2D eigenvalue weighted by molar-refractivity contribution is -0.116. The Morgan fingerprint density at radius 2 is 1.88 bits per heavy atom.